The maximum absolute atomic E-state index is 12.4. The Bertz CT molecular complexity index is 570. The number of nitrogens with one attached hydrogen (secondary N) is 2. The molecule has 24 heavy (non-hydrogen) atoms. The number of benzene rings is 1. The highest BCUT2D eigenvalue weighted by Gasteiger charge is 2.25. The summed E-state index contributed by atoms with van der Waals surface area (Å²) in [5, 5.41) is 13.8. The zero-order valence-corrected chi connectivity index (χ0v) is 13.5. The van der Waals surface area contributed by atoms with Crippen LogP contribution in [0.4, 0.5) is 4.79 Å². The van der Waals surface area contributed by atoms with Crippen LogP contribution in [0.5, 0.6) is 0 Å². The molecule has 7 nitrogen and oxygen atoms in total. The fourth-order valence-electron chi connectivity index (χ4n) is 2.68. The maximum atomic E-state index is 12.4. The first-order valence-electron chi connectivity index (χ1n) is 8.15. The summed E-state index contributed by atoms with van der Waals surface area (Å²) < 4.78 is 0. The molecular formula is C17H23N3O4. The molecule has 0 bridgehead atoms. The summed E-state index contributed by atoms with van der Waals surface area (Å²) in [6.07, 6.45) is 3.34. The first-order chi connectivity index (χ1) is 11.6. The van der Waals surface area contributed by atoms with Crippen LogP contribution in [0.2, 0.25) is 0 Å². The number of carboxylic acids is 1. The summed E-state index contributed by atoms with van der Waals surface area (Å²) in [5.41, 5.74) is 0.895. The Morgan fingerprint density at radius 3 is 2.38 bits per heavy atom. The first-order valence-corrected chi connectivity index (χ1v) is 8.15. The summed E-state index contributed by atoms with van der Waals surface area (Å²) in [6, 6.07) is 8.23. The van der Waals surface area contributed by atoms with E-state index in [-0.39, 0.29) is 6.03 Å². The second-order valence-electron chi connectivity index (χ2n) is 5.85. The predicted molar refractivity (Wildman–Crippen MR) is 88.5 cm³/mol. The zero-order valence-electron chi connectivity index (χ0n) is 13.5. The van der Waals surface area contributed by atoms with Gasteiger partial charge in [-0.3, -0.25) is 9.59 Å². The second-order valence-corrected chi connectivity index (χ2v) is 5.85. The molecule has 1 aromatic rings. The van der Waals surface area contributed by atoms with Crippen molar-refractivity contribution in [3.8, 4) is 0 Å². The summed E-state index contributed by atoms with van der Waals surface area (Å²) in [7, 11) is 0. The first kappa shape index (κ1) is 17.8. The van der Waals surface area contributed by atoms with E-state index in [0.717, 1.165) is 24.8 Å². The molecule has 0 radical (unpaired) electrons. The van der Waals surface area contributed by atoms with Crippen molar-refractivity contribution in [3.63, 3.8) is 0 Å². The van der Waals surface area contributed by atoms with Crippen LogP contribution in [0.15, 0.2) is 30.3 Å². The van der Waals surface area contributed by atoms with Gasteiger partial charge in [0.25, 0.3) is 0 Å². The van der Waals surface area contributed by atoms with Crippen molar-refractivity contribution in [2.75, 3.05) is 19.6 Å². The number of hydrogen-bond donors (Lipinski definition) is 3. The molecule has 2 rings (SSSR count). The number of likely N-dealkylation sites (tertiary alicyclic amines) is 1. The highest BCUT2D eigenvalue weighted by molar-refractivity contribution is 5.89. The number of nitrogens with zero attached hydrogens (tertiary/aromatic N) is 1. The third-order valence-electron chi connectivity index (χ3n) is 3.95. The highest BCUT2D eigenvalue weighted by Crippen LogP contribution is 2.10. The lowest BCUT2D eigenvalue weighted by Crippen LogP contribution is -2.53. The normalized spacial score (nSPS) is 15.4. The van der Waals surface area contributed by atoms with Crippen molar-refractivity contribution >= 4 is 17.9 Å². The number of carbonyl (C=O) groups excluding carboxylic acids is 2. The summed E-state index contributed by atoms with van der Waals surface area (Å²) in [5.74, 6) is -1.62. The molecule has 0 aliphatic carbocycles. The largest absolute Gasteiger partial charge is 0.480 e. The fraction of sp³-hybridized carbons (Fsp3) is 0.471. The molecule has 7 heteroatoms. The minimum Gasteiger partial charge on any atom is -0.480 e. The fourth-order valence-corrected chi connectivity index (χ4v) is 2.68. The van der Waals surface area contributed by atoms with E-state index in [0.29, 0.717) is 19.5 Å². The van der Waals surface area contributed by atoms with Crippen LogP contribution in [-0.4, -0.2) is 53.6 Å². The molecule has 0 saturated carbocycles. The molecule has 1 aromatic carbocycles. The Labute approximate surface area is 141 Å². The van der Waals surface area contributed by atoms with Gasteiger partial charge in [-0.1, -0.05) is 30.3 Å². The van der Waals surface area contributed by atoms with E-state index in [1.54, 1.807) is 4.90 Å². The lowest BCUT2D eigenvalue weighted by atomic mass is 10.1. The number of hydrogen-bond acceptors (Lipinski definition) is 3. The smallest absolute Gasteiger partial charge is 0.322 e. The Hall–Kier alpha value is -2.57. The lowest BCUT2D eigenvalue weighted by Gasteiger charge is -2.29. The Morgan fingerprint density at radius 1 is 1.08 bits per heavy atom. The van der Waals surface area contributed by atoms with E-state index < -0.39 is 24.5 Å². The summed E-state index contributed by atoms with van der Waals surface area (Å²) in [6.45, 7) is 0.894. The average Bonchev–Trinajstić information content (AvgIpc) is 2.60. The molecule has 1 aliphatic heterocycles. The summed E-state index contributed by atoms with van der Waals surface area (Å²) >= 11 is 0. The molecule has 0 unspecified atom stereocenters. The molecule has 0 spiro atoms. The van der Waals surface area contributed by atoms with E-state index >= 15 is 0 Å². The molecule has 3 N–H and O–H groups in total. The van der Waals surface area contributed by atoms with Crippen molar-refractivity contribution < 1.29 is 19.5 Å². The van der Waals surface area contributed by atoms with Crippen LogP contribution in [-0.2, 0) is 16.0 Å². The van der Waals surface area contributed by atoms with Crippen LogP contribution < -0.4 is 10.6 Å². The van der Waals surface area contributed by atoms with Gasteiger partial charge in [0.05, 0.1) is 0 Å². The second kappa shape index (κ2) is 8.90. The number of rotatable bonds is 6. The zero-order chi connectivity index (χ0) is 17.4. The van der Waals surface area contributed by atoms with Gasteiger partial charge in [-0.15, -0.1) is 0 Å². The molecule has 1 atom stereocenters. The van der Waals surface area contributed by atoms with Crippen LogP contribution in [0.25, 0.3) is 0 Å². The molecule has 0 aromatic heterocycles. The topological polar surface area (TPSA) is 98.7 Å². The molecule has 1 heterocycles. The standard InChI is InChI=1S/C17H23N3O4/c21-15(22)12-18-16(23)14(11-13-7-3-1-4-8-13)19-17(24)20-9-5-2-6-10-20/h1,3-4,7-8,14H,2,5-6,9-12H2,(H,18,23)(H,19,24)(H,21,22)/t14-/m0/s1. The van der Waals surface area contributed by atoms with Gasteiger partial charge in [0, 0.05) is 19.5 Å². The SMILES string of the molecule is O=C(O)CNC(=O)[C@H](Cc1ccccc1)NC(=O)N1CCCCC1. The van der Waals surface area contributed by atoms with Gasteiger partial charge in [-0.25, -0.2) is 4.79 Å². The van der Waals surface area contributed by atoms with Gasteiger partial charge in [-0.2, -0.15) is 0 Å². The van der Waals surface area contributed by atoms with Crippen molar-refractivity contribution in [2.24, 2.45) is 0 Å². The van der Waals surface area contributed by atoms with E-state index in [4.69, 9.17) is 5.11 Å². The van der Waals surface area contributed by atoms with E-state index in [9.17, 15) is 14.4 Å². The van der Waals surface area contributed by atoms with Crippen LogP contribution >= 0.6 is 0 Å². The minimum atomic E-state index is -1.12. The van der Waals surface area contributed by atoms with Gasteiger partial charge in [-0.05, 0) is 24.8 Å². The Morgan fingerprint density at radius 2 is 1.75 bits per heavy atom. The quantitative estimate of drug-likeness (QED) is 0.723. The third kappa shape index (κ3) is 5.57. The van der Waals surface area contributed by atoms with Crippen LogP contribution in [0.1, 0.15) is 24.8 Å². The van der Waals surface area contributed by atoms with Crippen molar-refractivity contribution in [3.05, 3.63) is 35.9 Å². The van der Waals surface area contributed by atoms with E-state index in [1.807, 2.05) is 30.3 Å². The van der Waals surface area contributed by atoms with Gasteiger partial charge >= 0.3 is 12.0 Å². The highest BCUT2D eigenvalue weighted by atomic mass is 16.4. The van der Waals surface area contributed by atoms with Crippen molar-refractivity contribution in [1.29, 1.82) is 0 Å². The van der Waals surface area contributed by atoms with Crippen molar-refractivity contribution in [2.45, 2.75) is 31.7 Å². The van der Waals surface area contributed by atoms with Gasteiger partial charge in [0.1, 0.15) is 12.6 Å². The van der Waals surface area contributed by atoms with Crippen LogP contribution in [0.3, 0.4) is 0 Å². The molecule has 3 amide bonds. The number of carboxylic acid groups (broad SMARTS) is 1. The minimum absolute atomic E-state index is 0.277. The number of piperidine rings is 1. The molecule has 1 aliphatic rings. The molecular weight excluding hydrogens is 310 g/mol. The van der Waals surface area contributed by atoms with E-state index in [2.05, 4.69) is 10.6 Å². The Kier molecular flexibility index (Phi) is 6.60. The maximum Gasteiger partial charge on any atom is 0.322 e. The van der Waals surface area contributed by atoms with Gasteiger partial charge < -0.3 is 20.6 Å². The van der Waals surface area contributed by atoms with Gasteiger partial charge in [0.15, 0.2) is 0 Å². The average molecular weight is 333 g/mol. The number of aliphatic carboxylic acids is 1. The monoisotopic (exact) mass is 333 g/mol. The number of amides is 3. The lowest BCUT2D eigenvalue weighted by molar-refractivity contribution is -0.138. The molecule has 1 saturated heterocycles. The number of carbonyl (C=O) groups is 3. The van der Waals surface area contributed by atoms with E-state index in [1.165, 1.54) is 0 Å². The molecule has 1 fully saturated rings. The van der Waals surface area contributed by atoms with Gasteiger partial charge in [0.2, 0.25) is 5.91 Å². The summed E-state index contributed by atoms with van der Waals surface area (Å²) in [4.78, 5) is 37.0. The van der Waals surface area contributed by atoms with Crippen molar-refractivity contribution in [1.82, 2.24) is 15.5 Å². The third-order valence-corrected chi connectivity index (χ3v) is 3.95. The Balaban J connectivity index is 2.01. The predicted octanol–water partition coefficient (Wildman–Crippen LogP) is 0.994. The molecule has 130 valence electrons. The number of urea groups is 1. The van der Waals surface area contributed by atoms with Crippen LogP contribution in [0, 0.1) is 0 Å².